The zero-order valence-corrected chi connectivity index (χ0v) is 19.2. The molecule has 33 heavy (non-hydrogen) atoms. The quantitative estimate of drug-likeness (QED) is 0.469. The summed E-state index contributed by atoms with van der Waals surface area (Å²) in [5.74, 6) is -3.86. The molecule has 1 aromatic heterocycles. The second kappa shape index (κ2) is 10.9. The Morgan fingerprint density at radius 1 is 1.09 bits per heavy atom. The van der Waals surface area contributed by atoms with Gasteiger partial charge in [-0.1, -0.05) is 6.42 Å². The van der Waals surface area contributed by atoms with Crippen molar-refractivity contribution < 1.29 is 26.7 Å². The highest BCUT2D eigenvalue weighted by atomic mass is 32.1. The Hall–Kier alpha value is -2.04. The molecule has 2 aromatic rings. The van der Waals surface area contributed by atoms with Crippen LogP contribution in [-0.2, 0) is 23.4 Å². The number of amides is 1. The molecule has 1 aliphatic heterocycles. The summed E-state index contributed by atoms with van der Waals surface area (Å²) in [6, 6.07) is 3.36. The van der Waals surface area contributed by atoms with E-state index in [1.54, 1.807) is 0 Å². The highest BCUT2D eigenvalue weighted by Crippen LogP contribution is 2.35. The van der Waals surface area contributed by atoms with E-state index < -0.39 is 35.2 Å². The van der Waals surface area contributed by atoms with E-state index in [0.29, 0.717) is 19.5 Å². The largest absolute Gasteiger partial charge is 0.416 e. The normalized spacial score (nSPS) is 16.5. The minimum Gasteiger partial charge on any atom is -0.350 e. The van der Waals surface area contributed by atoms with Crippen LogP contribution in [0.15, 0.2) is 35.0 Å². The van der Waals surface area contributed by atoms with Gasteiger partial charge < -0.3 is 15.5 Å². The first-order chi connectivity index (χ1) is 15.5. The van der Waals surface area contributed by atoms with Gasteiger partial charge in [-0.05, 0) is 72.1 Å². The number of halogens is 5. The maximum Gasteiger partial charge on any atom is 0.416 e. The lowest BCUT2D eigenvalue weighted by Gasteiger charge is -2.27. The Labute approximate surface area is 194 Å². The summed E-state index contributed by atoms with van der Waals surface area (Å²) in [5.41, 5.74) is -1.19. The molecule has 0 saturated carbocycles. The van der Waals surface area contributed by atoms with Crippen molar-refractivity contribution in [1.82, 2.24) is 15.5 Å². The van der Waals surface area contributed by atoms with Crippen LogP contribution in [0.4, 0.5) is 22.0 Å². The van der Waals surface area contributed by atoms with Gasteiger partial charge in [-0.15, -0.1) is 0 Å². The molecule has 1 atom stereocenters. The molecule has 10 heteroatoms. The van der Waals surface area contributed by atoms with Crippen LogP contribution in [0, 0.1) is 0 Å². The molecular weight excluding hydrogens is 461 g/mol. The molecule has 1 fully saturated rings. The zero-order chi connectivity index (χ0) is 24.1. The van der Waals surface area contributed by atoms with E-state index in [4.69, 9.17) is 0 Å². The van der Waals surface area contributed by atoms with Crippen molar-refractivity contribution in [2.24, 2.45) is 0 Å². The third-order valence-corrected chi connectivity index (χ3v) is 6.36. The number of alkyl halides is 5. The van der Waals surface area contributed by atoms with Crippen molar-refractivity contribution >= 4 is 17.2 Å². The van der Waals surface area contributed by atoms with E-state index in [-0.39, 0.29) is 12.1 Å². The standard InChI is InChI=1S/C23H28F5N3OS/c1-22(24,25)18-11-16(12-19(13-18)23(26,27)28)14-30-21(32)20(17-5-10-33-15-17)29-6-9-31-7-3-2-4-8-31/h5,10-13,15,20,29H,2-4,6-9,14H2,1H3,(H,30,32)/t20-/m0/s1. The fraction of sp³-hybridized carbons (Fsp3) is 0.522. The van der Waals surface area contributed by atoms with E-state index in [2.05, 4.69) is 15.5 Å². The van der Waals surface area contributed by atoms with Crippen LogP contribution in [0.1, 0.15) is 54.5 Å². The predicted octanol–water partition coefficient (Wildman–Crippen LogP) is 5.31. The van der Waals surface area contributed by atoms with Crippen LogP contribution in [0.5, 0.6) is 0 Å². The van der Waals surface area contributed by atoms with Gasteiger partial charge in [0.2, 0.25) is 5.91 Å². The molecule has 4 nitrogen and oxygen atoms in total. The SMILES string of the molecule is CC(F)(F)c1cc(CNC(=O)[C@@H](NCCN2CCCCC2)c2ccsc2)cc(C(F)(F)F)c1. The molecular formula is C23H28F5N3OS. The van der Waals surface area contributed by atoms with Crippen LogP contribution in [-0.4, -0.2) is 37.0 Å². The van der Waals surface area contributed by atoms with Crippen molar-refractivity contribution in [2.45, 2.75) is 50.9 Å². The Balaban J connectivity index is 1.68. The average molecular weight is 490 g/mol. The van der Waals surface area contributed by atoms with Gasteiger partial charge in [-0.3, -0.25) is 4.79 Å². The molecule has 1 aliphatic rings. The van der Waals surface area contributed by atoms with Gasteiger partial charge in [-0.25, -0.2) is 8.78 Å². The first-order valence-electron chi connectivity index (χ1n) is 10.9. The lowest BCUT2D eigenvalue weighted by atomic mass is 10.0. The number of hydrogen-bond donors (Lipinski definition) is 2. The van der Waals surface area contributed by atoms with E-state index in [9.17, 15) is 26.7 Å². The van der Waals surface area contributed by atoms with Crippen LogP contribution in [0.25, 0.3) is 0 Å². The number of nitrogens with zero attached hydrogens (tertiary/aromatic N) is 1. The number of carbonyl (C=O) groups excluding carboxylic acids is 1. The number of hydrogen-bond acceptors (Lipinski definition) is 4. The van der Waals surface area contributed by atoms with Gasteiger partial charge in [0.25, 0.3) is 5.92 Å². The number of nitrogens with one attached hydrogen (secondary N) is 2. The second-order valence-electron chi connectivity index (χ2n) is 8.37. The Bertz CT molecular complexity index is 874. The molecule has 1 amide bonds. The molecule has 0 unspecified atom stereocenters. The summed E-state index contributed by atoms with van der Waals surface area (Å²) in [5, 5.41) is 9.51. The average Bonchev–Trinajstić information content (AvgIpc) is 3.29. The molecule has 0 bridgehead atoms. The zero-order valence-electron chi connectivity index (χ0n) is 18.4. The van der Waals surface area contributed by atoms with Crippen molar-refractivity contribution in [3.8, 4) is 0 Å². The van der Waals surface area contributed by atoms with E-state index in [1.807, 2.05) is 16.8 Å². The minimum atomic E-state index is -4.77. The van der Waals surface area contributed by atoms with Gasteiger partial charge in [0.1, 0.15) is 6.04 Å². The molecule has 1 aromatic carbocycles. The number of piperidine rings is 1. The number of rotatable bonds is 9. The van der Waals surface area contributed by atoms with Crippen LogP contribution >= 0.6 is 11.3 Å². The molecule has 0 radical (unpaired) electrons. The summed E-state index contributed by atoms with van der Waals surface area (Å²) < 4.78 is 67.1. The predicted molar refractivity (Wildman–Crippen MR) is 118 cm³/mol. The fourth-order valence-electron chi connectivity index (χ4n) is 3.85. The summed E-state index contributed by atoms with van der Waals surface area (Å²) in [6.45, 7) is 3.66. The minimum absolute atomic E-state index is 0.0351. The summed E-state index contributed by atoms with van der Waals surface area (Å²) in [6.07, 6.45) is -1.23. The molecule has 2 N–H and O–H groups in total. The summed E-state index contributed by atoms with van der Waals surface area (Å²) in [4.78, 5) is 15.2. The van der Waals surface area contributed by atoms with E-state index in [0.717, 1.165) is 50.2 Å². The first kappa shape index (κ1) is 25.6. The highest BCUT2D eigenvalue weighted by Gasteiger charge is 2.34. The number of benzene rings is 1. The van der Waals surface area contributed by atoms with E-state index >= 15 is 0 Å². The van der Waals surface area contributed by atoms with Crippen molar-refractivity contribution in [3.05, 3.63) is 57.3 Å². The molecule has 2 heterocycles. The molecule has 182 valence electrons. The van der Waals surface area contributed by atoms with Gasteiger partial charge in [0.05, 0.1) is 5.56 Å². The van der Waals surface area contributed by atoms with Crippen LogP contribution < -0.4 is 10.6 Å². The highest BCUT2D eigenvalue weighted by molar-refractivity contribution is 7.08. The molecule has 0 spiro atoms. The lowest BCUT2D eigenvalue weighted by Crippen LogP contribution is -2.41. The number of likely N-dealkylation sites (tertiary alicyclic amines) is 1. The van der Waals surface area contributed by atoms with Gasteiger partial charge in [-0.2, -0.15) is 24.5 Å². The lowest BCUT2D eigenvalue weighted by molar-refractivity contribution is -0.137. The van der Waals surface area contributed by atoms with Gasteiger partial charge in [0.15, 0.2) is 0 Å². The van der Waals surface area contributed by atoms with Gasteiger partial charge in [0, 0.05) is 32.1 Å². The van der Waals surface area contributed by atoms with E-state index in [1.165, 1.54) is 17.8 Å². The second-order valence-corrected chi connectivity index (χ2v) is 9.15. The van der Waals surface area contributed by atoms with Crippen LogP contribution in [0.2, 0.25) is 0 Å². The topological polar surface area (TPSA) is 44.4 Å². The first-order valence-corrected chi connectivity index (χ1v) is 11.8. The Morgan fingerprint density at radius 2 is 1.79 bits per heavy atom. The summed E-state index contributed by atoms with van der Waals surface area (Å²) >= 11 is 1.43. The maximum absolute atomic E-state index is 13.7. The Morgan fingerprint density at radius 3 is 2.39 bits per heavy atom. The maximum atomic E-state index is 13.7. The fourth-order valence-corrected chi connectivity index (χ4v) is 4.54. The van der Waals surface area contributed by atoms with Crippen molar-refractivity contribution in [1.29, 1.82) is 0 Å². The number of thiophene rings is 1. The molecule has 0 aliphatic carbocycles. The number of carbonyl (C=O) groups is 1. The third kappa shape index (κ3) is 7.48. The van der Waals surface area contributed by atoms with Crippen molar-refractivity contribution in [2.75, 3.05) is 26.2 Å². The van der Waals surface area contributed by atoms with Gasteiger partial charge >= 0.3 is 6.18 Å². The molecule has 1 saturated heterocycles. The molecule has 3 rings (SSSR count). The Kier molecular flexibility index (Phi) is 8.47. The van der Waals surface area contributed by atoms with Crippen molar-refractivity contribution in [3.63, 3.8) is 0 Å². The monoisotopic (exact) mass is 489 g/mol. The summed E-state index contributed by atoms with van der Waals surface area (Å²) in [7, 11) is 0. The third-order valence-electron chi connectivity index (χ3n) is 5.66. The smallest absolute Gasteiger partial charge is 0.350 e. The van der Waals surface area contributed by atoms with Crippen LogP contribution in [0.3, 0.4) is 0 Å².